The first-order valence-electron chi connectivity index (χ1n) is 4.55. The third-order valence-corrected chi connectivity index (χ3v) is 1.67. The van der Waals surface area contributed by atoms with Gasteiger partial charge >= 0.3 is 5.69 Å². The molecule has 0 aliphatic carbocycles. The van der Waals surface area contributed by atoms with E-state index in [4.69, 9.17) is 0 Å². The minimum Gasteiger partial charge on any atom is -0.490 e. The van der Waals surface area contributed by atoms with Crippen LogP contribution in [0.3, 0.4) is 0 Å². The average molecular weight is 215 g/mol. The van der Waals surface area contributed by atoms with Gasteiger partial charge in [-0.1, -0.05) is 19.9 Å². The van der Waals surface area contributed by atoms with E-state index in [2.05, 4.69) is 4.74 Å². The van der Waals surface area contributed by atoms with Gasteiger partial charge in [-0.3, -0.25) is 10.1 Å². The Hall–Kier alpha value is -1.65. The van der Waals surface area contributed by atoms with Crippen LogP contribution in [0, 0.1) is 22.9 Å². The molecule has 0 heterocycles. The Balaban J connectivity index is 0.000000921. The third-order valence-electron chi connectivity index (χ3n) is 1.67. The van der Waals surface area contributed by atoms with Gasteiger partial charge in [0.2, 0.25) is 5.82 Å². The largest absolute Gasteiger partial charge is 0.490 e. The standard InChI is InChI=1S/C8H8FNO3.C2H6/c1-5-3-4-6(13-2)8(7(5)9)10(11)12;1-2/h3-4H,1-2H3;1-2H3. The maximum absolute atomic E-state index is 13.2. The Morgan fingerprint density at radius 3 is 2.33 bits per heavy atom. The van der Waals surface area contributed by atoms with Crippen molar-refractivity contribution in [2.24, 2.45) is 0 Å². The van der Waals surface area contributed by atoms with Crippen molar-refractivity contribution in [2.45, 2.75) is 20.8 Å². The first-order valence-corrected chi connectivity index (χ1v) is 4.55. The monoisotopic (exact) mass is 215 g/mol. The number of rotatable bonds is 2. The maximum atomic E-state index is 13.2. The minimum absolute atomic E-state index is 0.0619. The lowest BCUT2D eigenvalue weighted by atomic mass is 10.2. The molecule has 0 aliphatic heterocycles. The summed E-state index contributed by atoms with van der Waals surface area (Å²) in [6.45, 7) is 5.46. The number of nitro groups is 1. The Labute approximate surface area is 87.8 Å². The number of methoxy groups -OCH3 is 1. The molecule has 0 radical (unpaired) electrons. The number of hydrogen-bond donors (Lipinski definition) is 0. The number of nitro benzene ring substituents is 1. The van der Waals surface area contributed by atoms with E-state index >= 15 is 0 Å². The summed E-state index contributed by atoms with van der Waals surface area (Å²) >= 11 is 0. The van der Waals surface area contributed by atoms with Crippen LogP contribution in [0.2, 0.25) is 0 Å². The van der Waals surface area contributed by atoms with Gasteiger partial charge in [0, 0.05) is 0 Å². The van der Waals surface area contributed by atoms with Crippen molar-refractivity contribution in [1.82, 2.24) is 0 Å². The van der Waals surface area contributed by atoms with E-state index in [0.29, 0.717) is 0 Å². The molecule has 0 aliphatic rings. The highest BCUT2D eigenvalue weighted by molar-refractivity contribution is 5.49. The van der Waals surface area contributed by atoms with Gasteiger partial charge in [-0.05, 0) is 18.6 Å². The van der Waals surface area contributed by atoms with Crippen LogP contribution in [-0.4, -0.2) is 12.0 Å². The molecule has 0 N–H and O–H groups in total. The summed E-state index contributed by atoms with van der Waals surface area (Å²) in [6.07, 6.45) is 0. The van der Waals surface area contributed by atoms with Gasteiger partial charge in [-0.2, -0.15) is 4.39 Å². The summed E-state index contributed by atoms with van der Waals surface area (Å²) in [7, 11) is 1.26. The van der Waals surface area contributed by atoms with E-state index in [1.54, 1.807) is 0 Å². The van der Waals surface area contributed by atoms with Gasteiger partial charge in [0.15, 0.2) is 5.75 Å². The van der Waals surface area contributed by atoms with Crippen LogP contribution in [0.5, 0.6) is 5.75 Å². The highest BCUT2D eigenvalue weighted by Crippen LogP contribution is 2.31. The highest BCUT2D eigenvalue weighted by atomic mass is 19.1. The molecule has 0 fully saturated rings. The first-order chi connectivity index (χ1) is 7.07. The Kier molecular flexibility index (Phi) is 5.30. The van der Waals surface area contributed by atoms with Gasteiger partial charge in [0.25, 0.3) is 0 Å². The van der Waals surface area contributed by atoms with E-state index < -0.39 is 16.4 Å². The van der Waals surface area contributed by atoms with Crippen LogP contribution < -0.4 is 4.74 Å². The molecular formula is C10H14FNO3. The van der Waals surface area contributed by atoms with E-state index in [1.807, 2.05) is 13.8 Å². The van der Waals surface area contributed by atoms with E-state index in [0.717, 1.165) is 0 Å². The van der Waals surface area contributed by atoms with Crippen LogP contribution in [0.15, 0.2) is 12.1 Å². The fourth-order valence-electron chi connectivity index (χ4n) is 0.983. The molecule has 1 aromatic rings. The Bertz CT molecular complexity index is 353. The van der Waals surface area contributed by atoms with Gasteiger partial charge in [0.1, 0.15) is 0 Å². The van der Waals surface area contributed by atoms with Crippen molar-refractivity contribution in [2.75, 3.05) is 7.11 Å². The summed E-state index contributed by atoms with van der Waals surface area (Å²) in [5.74, 6) is -0.905. The molecular weight excluding hydrogens is 201 g/mol. The lowest BCUT2D eigenvalue weighted by molar-refractivity contribution is -0.388. The van der Waals surface area contributed by atoms with Crippen molar-refractivity contribution in [3.63, 3.8) is 0 Å². The molecule has 0 amide bonds. The van der Waals surface area contributed by atoms with Crippen LogP contribution in [0.4, 0.5) is 10.1 Å². The molecule has 0 bridgehead atoms. The molecule has 5 heteroatoms. The van der Waals surface area contributed by atoms with Crippen LogP contribution in [-0.2, 0) is 0 Å². The molecule has 1 aromatic carbocycles. The molecule has 15 heavy (non-hydrogen) atoms. The fraction of sp³-hybridized carbons (Fsp3) is 0.400. The van der Waals surface area contributed by atoms with Crippen LogP contribution in [0.25, 0.3) is 0 Å². The Morgan fingerprint density at radius 2 is 1.93 bits per heavy atom. The molecule has 0 aromatic heterocycles. The van der Waals surface area contributed by atoms with Gasteiger partial charge in [-0.15, -0.1) is 0 Å². The number of halogens is 1. The minimum atomic E-state index is -0.843. The number of nitrogens with zero attached hydrogens (tertiary/aromatic N) is 1. The number of hydrogen-bond acceptors (Lipinski definition) is 3. The van der Waals surface area contributed by atoms with Crippen LogP contribution >= 0.6 is 0 Å². The topological polar surface area (TPSA) is 52.4 Å². The SMILES string of the molecule is CC.COc1ccc(C)c(F)c1[N+](=O)[O-]. The zero-order chi connectivity index (χ0) is 12.0. The van der Waals surface area contributed by atoms with Crippen molar-refractivity contribution >= 4 is 5.69 Å². The second-order valence-electron chi connectivity index (χ2n) is 2.50. The van der Waals surface area contributed by atoms with Gasteiger partial charge in [-0.25, -0.2) is 0 Å². The molecule has 0 saturated carbocycles. The molecule has 0 unspecified atom stereocenters. The third kappa shape index (κ3) is 2.90. The quantitative estimate of drug-likeness (QED) is 0.562. The Morgan fingerprint density at radius 1 is 1.40 bits per heavy atom. The molecule has 0 spiro atoms. The van der Waals surface area contributed by atoms with E-state index in [-0.39, 0.29) is 11.3 Å². The molecule has 1 rings (SSSR count). The lowest BCUT2D eigenvalue weighted by Gasteiger charge is -2.03. The molecule has 84 valence electrons. The molecule has 0 atom stereocenters. The second-order valence-corrected chi connectivity index (χ2v) is 2.50. The van der Waals surface area contributed by atoms with Crippen molar-refractivity contribution in [1.29, 1.82) is 0 Å². The smallest absolute Gasteiger partial charge is 0.346 e. The van der Waals surface area contributed by atoms with Gasteiger partial charge in [0.05, 0.1) is 12.0 Å². The number of aryl methyl sites for hydroxylation is 1. The van der Waals surface area contributed by atoms with Crippen molar-refractivity contribution in [3.8, 4) is 5.75 Å². The van der Waals surface area contributed by atoms with Crippen molar-refractivity contribution in [3.05, 3.63) is 33.6 Å². The first kappa shape index (κ1) is 13.4. The number of ether oxygens (including phenoxy) is 1. The predicted molar refractivity (Wildman–Crippen MR) is 55.7 cm³/mol. The second kappa shape index (κ2) is 5.95. The zero-order valence-electron chi connectivity index (χ0n) is 9.20. The maximum Gasteiger partial charge on any atom is 0.346 e. The van der Waals surface area contributed by atoms with Gasteiger partial charge < -0.3 is 4.74 Å². The number of benzene rings is 1. The molecule has 4 nitrogen and oxygen atoms in total. The zero-order valence-corrected chi connectivity index (χ0v) is 9.20. The fourth-order valence-corrected chi connectivity index (χ4v) is 0.983. The van der Waals surface area contributed by atoms with Crippen molar-refractivity contribution < 1.29 is 14.1 Å². The highest BCUT2D eigenvalue weighted by Gasteiger charge is 2.22. The molecule has 0 saturated heterocycles. The predicted octanol–water partition coefficient (Wildman–Crippen LogP) is 3.08. The normalized spacial score (nSPS) is 8.87. The van der Waals surface area contributed by atoms with E-state index in [1.165, 1.54) is 26.2 Å². The average Bonchev–Trinajstić information content (AvgIpc) is 2.24. The van der Waals surface area contributed by atoms with Crippen LogP contribution in [0.1, 0.15) is 19.4 Å². The summed E-state index contributed by atoms with van der Waals surface area (Å²) in [5.41, 5.74) is -0.380. The summed E-state index contributed by atoms with van der Waals surface area (Å²) in [5, 5.41) is 10.4. The summed E-state index contributed by atoms with van der Waals surface area (Å²) in [4.78, 5) is 9.65. The lowest BCUT2D eigenvalue weighted by Crippen LogP contribution is -1.98. The summed E-state index contributed by atoms with van der Waals surface area (Å²) < 4.78 is 17.8. The van der Waals surface area contributed by atoms with E-state index in [9.17, 15) is 14.5 Å². The summed E-state index contributed by atoms with van der Waals surface area (Å²) in [6, 6.07) is 2.80.